The molecule has 1 aliphatic heterocycles. The summed E-state index contributed by atoms with van der Waals surface area (Å²) in [5.41, 5.74) is 0.491. The molecule has 19 heavy (non-hydrogen) atoms. The molecule has 0 radical (unpaired) electrons. The molecule has 2 unspecified atom stereocenters. The van der Waals surface area contributed by atoms with Crippen LogP contribution in [-0.2, 0) is 6.42 Å². The summed E-state index contributed by atoms with van der Waals surface area (Å²) < 4.78 is 27.0. The van der Waals surface area contributed by atoms with Crippen LogP contribution in [0.4, 0.5) is 8.78 Å². The highest BCUT2D eigenvalue weighted by atomic mass is 32.2. The van der Waals surface area contributed by atoms with Crippen molar-refractivity contribution in [2.24, 2.45) is 5.92 Å². The summed E-state index contributed by atoms with van der Waals surface area (Å²) in [6.45, 7) is 3.05. The minimum Gasteiger partial charge on any atom is -0.313 e. The molecule has 1 fully saturated rings. The largest absolute Gasteiger partial charge is 0.313 e. The van der Waals surface area contributed by atoms with Crippen molar-refractivity contribution in [1.82, 2.24) is 5.32 Å². The second kappa shape index (κ2) is 7.25. The molecule has 0 amide bonds. The lowest BCUT2D eigenvalue weighted by Gasteiger charge is -2.24. The zero-order chi connectivity index (χ0) is 13.7. The van der Waals surface area contributed by atoms with Crippen LogP contribution < -0.4 is 5.32 Å². The molecule has 1 N–H and O–H groups in total. The van der Waals surface area contributed by atoms with E-state index in [1.165, 1.54) is 30.4 Å². The maximum Gasteiger partial charge on any atom is 0.126 e. The van der Waals surface area contributed by atoms with E-state index >= 15 is 0 Å². The van der Waals surface area contributed by atoms with E-state index in [4.69, 9.17) is 0 Å². The fourth-order valence-corrected chi connectivity index (χ4v) is 3.88. The van der Waals surface area contributed by atoms with E-state index in [0.717, 1.165) is 18.7 Å². The Morgan fingerprint density at radius 3 is 2.95 bits per heavy atom. The monoisotopic (exact) mass is 285 g/mol. The van der Waals surface area contributed by atoms with Gasteiger partial charge in [-0.1, -0.05) is 6.92 Å². The van der Waals surface area contributed by atoms with Crippen molar-refractivity contribution in [2.45, 2.75) is 32.2 Å². The first-order chi connectivity index (χ1) is 9.20. The van der Waals surface area contributed by atoms with Gasteiger partial charge in [0.2, 0.25) is 0 Å². The topological polar surface area (TPSA) is 12.0 Å². The number of hydrogen-bond donors (Lipinski definition) is 1. The standard InChI is InChI=1S/C15H21F2NS/c1-2-6-18-15(11-5-7-19-10-11)9-12-8-13(16)3-4-14(12)17/h3-4,8,11,15,18H,2,5-7,9-10H2,1H3. The minimum atomic E-state index is -0.355. The van der Waals surface area contributed by atoms with Gasteiger partial charge >= 0.3 is 0 Å². The van der Waals surface area contributed by atoms with Crippen LogP contribution in [-0.4, -0.2) is 24.1 Å². The van der Waals surface area contributed by atoms with Gasteiger partial charge in [0, 0.05) is 6.04 Å². The van der Waals surface area contributed by atoms with E-state index in [9.17, 15) is 8.78 Å². The van der Waals surface area contributed by atoms with Crippen LogP contribution in [0.1, 0.15) is 25.3 Å². The Morgan fingerprint density at radius 1 is 1.42 bits per heavy atom. The Labute approximate surface area is 118 Å². The summed E-state index contributed by atoms with van der Waals surface area (Å²) in [5, 5.41) is 3.50. The molecule has 0 aliphatic carbocycles. The molecule has 0 saturated carbocycles. The maximum absolute atomic E-state index is 13.7. The second-order valence-electron chi connectivity index (χ2n) is 5.12. The Bertz CT molecular complexity index is 405. The van der Waals surface area contributed by atoms with Crippen molar-refractivity contribution < 1.29 is 8.78 Å². The summed E-state index contributed by atoms with van der Waals surface area (Å²) in [7, 11) is 0. The van der Waals surface area contributed by atoms with Gasteiger partial charge in [-0.15, -0.1) is 0 Å². The highest BCUT2D eigenvalue weighted by molar-refractivity contribution is 7.99. The molecular formula is C15H21F2NS. The average molecular weight is 285 g/mol. The molecule has 1 aliphatic rings. The molecule has 2 rings (SSSR count). The molecule has 0 bridgehead atoms. The minimum absolute atomic E-state index is 0.256. The lowest BCUT2D eigenvalue weighted by molar-refractivity contribution is 0.375. The van der Waals surface area contributed by atoms with E-state index in [1.807, 2.05) is 11.8 Å². The van der Waals surface area contributed by atoms with E-state index in [-0.39, 0.29) is 17.7 Å². The van der Waals surface area contributed by atoms with Gasteiger partial charge in [-0.3, -0.25) is 0 Å². The van der Waals surface area contributed by atoms with Gasteiger partial charge in [0.25, 0.3) is 0 Å². The van der Waals surface area contributed by atoms with E-state index in [0.29, 0.717) is 17.9 Å². The van der Waals surface area contributed by atoms with E-state index < -0.39 is 0 Å². The third-order valence-corrected chi connectivity index (χ3v) is 4.83. The lowest BCUT2D eigenvalue weighted by Crippen LogP contribution is -2.39. The molecule has 4 heteroatoms. The average Bonchev–Trinajstić information content (AvgIpc) is 2.92. The zero-order valence-corrected chi connectivity index (χ0v) is 12.1. The van der Waals surface area contributed by atoms with Crippen molar-refractivity contribution in [1.29, 1.82) is 0 Å². The fraction of sp³-hybridized carbons (Fsp3) is 0.600. The normalized spacial score (nSPS) is 20.7. The third kappa shape index (κ3) is 4.18. The van der Waals surface area contributed by atoms with Crippen LogP contribution in [0.5, 0.6) is 0 Å². The number of benzene rings is 1. The first kappa shape index (κ1) is 14.8. The summed E-state index contributed by atoms with van der Waals surface area (Å²) >= 11 is 1.95. The maximum atomic E-state index is 13.7. The van der Waals surface area contributed by atoms with Crippen molar-refractivity contribution in [3.8, 4) is 0 Å². The predicted octanol–water partition coefficient (Wildman–Crippen LogP) is 3.63. The Hall–Kier alpha value is -0.610. The summed E-state index contributed by atoms with van der Waals surface area (Å²) in [6.07, 6.45) is 2.81. The van der Waals surface area contributed by atoms with Crippen molar-refractivity contribution in [3.63, 3.8) is 0 Å². The van der Waals surface area contributed by atoms with Gasteiger partial charge in [0.05, 0.1) is 0 Å². The first-order valence-electron chi connectivity index (χ1n) is 6.95. The molecular weight excluding hydrogens is 264 g/mol. The Kier molecular flexibility index (Phi) is 5.64. The summed E-state index contributed by atoms with van der Waals surface area (Å²) in [6, 6.07) is 3.99. The van der Waals surface area contributed by atoms with Gasteiger partial charge in [-0.2, -0.15) is 11.8 Å². The number of thioether (sulfide) groups is 1. The SMILES string of the molecule is CCCNC(Cc1cc(F)ccc1F)C1CCSC1. The van der Waals surface area contributed by atoms with Crippen molar-refractivity contribution in [2.75, 3.05) is 18.1 Å². The van der Waals surface area contributed by atoms with Crippen molar-refractivity contribution >= 4 is 11.8 Å². The Morgan fingerprint density at radius 2 is 2.26 bits per heavy atom. The highest BCUT2D eigenvalue weighted by Gasteiger charge is 2.26. The van der Waals surface area contributed by atoms with Crippen LogP contribution in [0.2, 0.25) is 0 Å². The van der Waals surface area contributed by atoms with E-state index in [1.54, 1.807) is 0 Å². The number of rotatable bonds is 6. The highest BCUT2D eigenvalue weighted by Crippen LogP contribution is 2.28. The molecule has 106 valence electrons. The molecule has 1 aromatic carbocycles. The summed E-state index contributed by atoms with van der Waals surface area (Å²) in [5.74, 6) is 2.22. The molecule has 1 saturated heterocycles. The third-order valence-electron chi connectivity index (χ3n) is 3.64. The molecule has 2 atom stereocenters. The molecule has 0 spiro atoms. The summed E-state index contributed by atoms with van der Waals surface area (Å²) in [4.78, 5) is 0. The number of hydrogen-bond acceptors (Lipinski definition) is 2. The Balaban J connectivity index is 2.07. The van der Waals surface area contributed by atoms with Crippen LogP contribution >= 0.6 is 11.8 Å². The van der Waals surface area contributed by atoms with Crippen LogP contribution in [0.25, 0.3) is 0 Å². The fourth-order valence-electron chi connectivity index (χ4n) is 2.54. The zero-order valence-electron chi connectivity index (χ0n) is 11.3. The van der Waals surface area contributed by atoms with Crippen molar-refractivity contribution in [3.05, 3.63) is 35.4 Å². The van der Waals surface area contributed by atoms with Crippen LogP contribution in [0, 0.1) is 17.6 Å². The molecule has 1 nitrogen and oxygen atoms in total. The van der Waals surface area contributed by atoms with Gasteiger partial charge in [-0.25, -0.2) is 8.78 Å². The van der Waals surface area contributed by atoms with E-state index in [2.05, 4.69) is 12.2 Å². The molecule has 1 heterocycles. The molecule has 0 aromatic heterocycles. The van der Waals surface area contributed by atoms with Gasteiger partial charge in [0.1, 0.15) is 11.6 Å². The first-order valence-corrected chi connectivity index (χ1v) is 8.11. The second-order valence-corrected chi connectivity index (χ2v) is 6.27. The van der Waals surface area contributed by atoms with Gasteiger partial charge in [0.15, 0.2) is 0 Å². The van der Waals surface area contributed by atoms with Crippen LogP contribution in [0.3, 0.4) is 0 Å². The number of nitrogens with one attached hydrogen (secondary N) is 1. The predicted molar refractivity (Wildman–Crippen MR) is 77.6 cm³/mol. The quantitative estimate of drug-likeness (QED) is 0.856. The van der Waals surface area contributed by atoms with Gasteiger partial charge in [-0.05, 0) is 67.0 Å². The number of halogens is 2. The van der Waals surface area contributed by atoms with Gasteiger partial charge < -0.3 is 5.32 Å². The lowest BCUT2D eigenvalue weighted by atomic mass is 9.92. The molecule has 1 aromatic rings. The van der Waals surface area contributed by atoms with Crippen LogP contribution in [0.15, 0.2) is 18.2 Å². The smallest absolute Gasteiger partial charge is 0.126 e.